The molecule has 0 radical (unpaired) electrons. The van der Waals surface area contributed by atoms with Gasteiger partial charge in [-0.25, -0.2) is 0 Å². The van der Waals surface area contributed by atoms with Crippen molar-refractivity contribution in [2.24, 2.45) is 5.92 Å². The van der Waals surface area contributed by atoms with Gasteiger partial charge in [-0.3, -0.25) is 14.7 Å². The highest BCUT2D eigenvalue weighted by atomic mass is 127. The highest BCUT2D eigenvalue weighted by Gasteiger charge is 2.24. The number of rotatable bonds is 3. The van der Waals surface area contributed by atoms with Crippen LogP contribution in [0.25, 0.3) is 0 Å². The van der Waals surface area contributed by atoms with E-state index in [2.05, 4.69) is 38.5 Å². The Balaban J connectivity index is 1.85. The smallest absolute Gasteiger partial charge is 0.306 e. The maximum Gasteiger partial charge on any atom is 0.306 e. The summed E-state index contributed by atoms with van der Waals surface area (Å²) in [6, 6.07) is 4.08. The normalized spacial score (nSPS) is 18.2. The number of pyridine rings is 1. The zero-order chi connectivity index (χ0) is 12.3. The number of hydrogen-bond acceptors (Lipinski definition) is 3. The lowest BCUT2D eigenvalue weighted by Crippen LogP contribution is -2.35. The number of piperidine rings is 1. The van der Waals surface area contributed by atoms with Crippen molar-refractivity contribution in [1.82, 2.24) is 9.88 Å². The van der Waals surface area contributed by atoms with E-state index in [0.717, 1.165) is 36.2 Å². The van der Waals surface area contributed by atoms with Crippen LogP contribution in [-0.2, 0) is 11.3 Å². The van der Waals surface area contributed by atoms with E-state index in [9.17, 15) is 4.79 Å². The largest absolute Gasteiger partial charge is 0.481 e. The van der Waals surface area contributed by atoms with Crippen molar-refractivity contribution in [2.75, 3.05) is 13.1 Å². The molecular formula is C12H15IN2O2. The summed E-state index contributed by atoms with van der Waals surface area (Å²) in [5.41, 5.74) is 1.19. The van der Waals surface area contributed by atoms with Crippen LogP contribution in [0.3, 0.4) is 0 Å². The van der Waals surface area contributed by atoms with Gasteiger partial charge < -0.3 is 5.11 Å². The predicted octanol–water partition coefficient (Wildman–Crippen LogP) is 1.98. The second-order valence-corrected chi connectivity index (χ2v) is 5.48. The summed E-state index contributed by atoms with van der Waals surface area (Å²) in [6.07, 6.45) is 3.41. The molecule has 0 unspecified atom stereocenters. The summed E-state index contributed by atoms with van der Waals surface area (Å²) in [7, 11) is 0. The summed E-state index contributed by atoms with van der Waals surface area (Å²) in [5.74, 6) is -0.804. The SMILES string of the molecule is O=C(O)C1CCN(Cc2ccc(I)nc2)CC1. The van der Waals surface area contributed by atoms with E-state index < -0.39 is 5.97 Å². The Morgan fingerprint density at radius 2 is 2.18 bits per heavy atom. The molecule has 1 N–H and O–H groups in total. The van der Waals surface area contributed by atoms with Crippen molar-refractivity contribution in [3.63, 3.8) is 0 Å². The van der Waals surface area contributed by atoms with Crippen LogP contribution in [0.1, 0.15) is 18.4 Å². The second kappa shape index (κ2) is 5.77. The van der Waals surface area contributed by atoms with Gasteiger partial charge in [0.1, 0.15) is 3.70 Å². The number of carboxylic acid groups (broad SMARTS) is 1. The van der Waals surface area contributed by atoms with Crippen LogP contribution >= 0.6 is 22.6 Å². The third kappa shape index (κ3) is 3.64. The molecule has 0 saturated carbocycles. The Morgan fingerprint density at radius 1 is 1.47 bits per heavy atom. The molecule has 2 rings (SSSR count). The van der Waals surface area contributed by atoms with Gasteiger partial charge in [0.15, 0.2) is 0 Å². The second-order valence-electron chi connectivity index (χ2n) is 4.38. The van der Waals surface area contributed by atoms with Crippen LogP contribution < -0.4 is 0 Å². The molecule has 1 aromatic heterocycles. The Hall–Kier alpha value is -0.690. The molecule has 0 aliphatic carbocycles. The van der Waals surface area contributed by atoms with Gasteiger partial charge in [-0.15, -0.1) is 0 Å². The molecule has 1 aliphatic rings. The number of aromatic nitrogens is 1. The first kappa shape index (κ1) is 12.8. The summed E-state index contributed by atoms with van der Waals surface area (Å²) in [4.78, 5) is 17.4. The molecule has 4 nitrogen and oxygen atoms in total. The van der Waals surface area contributed by atoms with E-state index in [4.69, 9.17) is 5.11 Å². The molecule has 1 saturated heterocycles. The van der Waals surface area contributed by atoms with Gasteiger partial charge in [0.2, 0.25) is 0 Å². The zero-order valence-corrected chi connectivity index (χ0v) is 11.6. The first-order valence-corrected chi connectivity index (χ1v) is 6.78. The molecule has 0 spiro atoms. The van der Waals surface area contributed by atoms with E-state index in [0.29, 0.717) is 0 Å². The van der Waals surface area contributed by atoms with Crippen molar-refractivity contribution >= 4 is 28.6 Å². The van der Waals surface area contributed by atoms with Gasteiger partial charge in [-0.2, -0.15) is 0 Å². The van der Waals surface area contributed by atoms with E-state index >= 15 is 0 Å². The minimum Gasteiger partial charge on any atom is -0.481 e. The number of likely N-dealkylation sites (tertiary alicyclic amines) is 1. The van der Waals surface area contributed by atoms with Gasteiger partial charge in [-0.05, 0) is 60.2 Å². The van der Waals surface area contributed by atoms with Gasteiger partial charge >= 0.3 is 5.97 Å². The minimum atomic E-state index is -0.652. The Bertz CT molecular complexity index is 386. The molecule has 1 aromatic rings. The van der Waals surface area contributed by atoms with Crippen molar-refractivity contribution < 1.29 is 9.90 Å². The molecule has 1 fully saturated rings. The fourth-order valence-corrected chi connectivity index (χ4v) is 2.42. The number of hydrogen-bond donors (Lipinski definition) is 1. The number of nitrogens with zero attached hydrogens (tertiary/aromatic N) is 2. The lowest BCUT2D eigenvalue weighted by atomic mass is 9.97. The van der Waals surface area contributed by atoms with Crippen LogP contribution in [0.15, 0.2) is 18.3 Å². The van der Waals surface area contributed by atoms with Crippen LogP contribution in [0.5, 0.6) is 0 Å². The summed E-state index contributed by atoms with van der Waals surface area (Å²) >= 11 is 2.19. The average Bonchev–Trinajstić information content (AvgIpc) is 2.33. The first-order chi connectivity index (χ1) is 8.15. The van der Waals surface area contributed by atoms with Crippen LogP contribution in [-0.4, -0.2) is 34.0 Å². The van der Waals surface area contributed by atoms with Crippen LogP contribution in [0.2, 0.25) is 0 Å². The number of carboxylic acids is 1. The fraction of sp³-hybridized carbons (Fsp3) is 0.500. The van der Waals surface area contributed by atoms with E-state index in [1.165, 1.54) is 5.56 Å². The van der Waals surface area contributed by atoms with Gasteiger partial charge in [0, 0.05) is 12.7 Å². The Labute approximate surface area is 114 Å². The molecule has 92 valence electrons. The highest BCUT2D eigenvalue weighted by molar-refractivity contribution is 14.1. The zero-order valence-electron chi connectivity index (χ0n) is 9.47. The van der Waals surface area contributed by atoms with Gasteiger partial charge in [-0.1, -0.05) is 6.07 Å². The van der Waals surface area contributed by atoms with Crippen LogP contribution in [0.4, 0.5) is 0 Å². The standard InChI is InChI=1S/C12H15IN2O2/c13-11-2-1-9(7-14-11)8-15-5-3-10(4-6-15)12(16)17/h1-2,7,10H,3-6,8H2,(H,16,17). The maximum absolute atomic E-state index is 10.8. The third-order valence-electron chi connectivity index (χ3n) is 3.13. The monoisotopic (exact) mass is 346 g/mol. The lowest BCUT2D eigenvalue weighted by Gasteiger charge is -2.29. The number of aliphatic carboxylic acids is 1. The molecule has 5 heteroatoms. The van der Waals surface area contributed by atoms with E-state index in [-0.39, 0.29) is 5.92 Å². The summed E-state index contributed by atoms with van der Waals surface area (Å²) in [5, 5.41) is 8.92. The third-order valence-corrected chi connectivity index (χ3v) is 3.77. The molecule has 0 atom stereocenters. The van der Waals surface area contributed by atoms with E-state index in [1.54, 1.807) is 0 Å². The van der Waals surface area contributed by atoms with Crippen molar-refractivity contribution in [1.29, 1.82) is 0 Å². The summed E-state index contributed by atoms with van der Waals surface area (Å²) < 4.78 is 0.996. The molecule has 0 amide bonds. The van der Waals surface area contributed by atoms with Gasteiger partial charge in [0.05, 0.1) is 5.92 Å². The average molecular weight is 346 g/mol. The van der Waals surface area contributed by atoms with Crippen LogP contribution in [0, 0.1) is 9.62 Å². The Morgan fingerprint density at radius 3 is 2.71 bits per heavy atom. The maximum atomic E-state index is 10.8. The van der Waals surface area contributed by atoms with Gasteiger partial charge in [0.25, 0.3) is 0 Å². The quantitative estimate of drug-likeness (QED) is 0.672. The van der Waals surface area contributed by atoms with E-state index in [1.807, 2.05) is 12.3 Å². The molecule has 0 bridgehead atoms. The topological polar surface area (TPSA) is 53.4 Å². The predicted molar refractivity (Wildman–Crippen MR) is 72.6 cm³/mol. The van der Waals surface area contributed by atoms with Crippen molar-refractivity contribution in [3.05, 3.63) is 27.6 Å². The Kier molecular flexibility index (Phi) is 4.33. The molecular weight excluding hydrogens is 331 g/mol. The first-order valence-electron chi connectivity index (χ1n) is 5.71. The molecule has 17 heavy (non-hydrogen) atoms. The number of carbonyl (C=O) groups is 1. The molecule has 1 aliphatic heterocycles. The highest BCUT2D eigenvalue weighted by Crippen LogP contribution is 2.19. The molecule has 2 heterocycles. The fourth-order valence-electron chi connectivity index (χ4n) is 2.10. The summed E-state index contributed by atoms with van der Waals surface area (Å²) in [6.45, 7) is 2.60. The van der Waals surface area contributed by atoms with Crippen molar-refractivity contribution in [3.8, 4) is 0 Å². The van der Waals surface area contributed by atoms with Crippen molar-refractivity contribution in [2.45, 2.75) is 19.4 Å². The minimum absolute atomic E-state index is 0.152. The number of halogens is 1. The lowest BCUT2D eigenvalue weighted by molar-refractivity contribution is -0.143. The molecule has 0 aromatic carbocycles.